The fourth-order valence-electron chi connectivity index (χ4n) is 2.05. The predicted octanol–water partition coefficient (Wildman–Crippen LogP) is 4.93. The van der Waals surface area contributed by atoms with Crippen molar-refractivity contribution in [1.29, 1.82) is 0 Å². The zero-order chi connectivity index (χ0) is 19.7. The molecule has 0 radical (unpaired) electrons. The van der Waals surface area contributed by atoms with Gasteiger partial charge in [0.1, 0.15) is 11.5 Å². The van der Waals surface area contributed by atoms with Gasteiger partial charge in [0.05, 0.1) is 12.6 Å². The van der Waals surface area contributed by atoms with Gasteiger partial charge in [-0.3, -0.25) is 4.99 Å². The summed E-state index contributed by atoms with van der Waals surface area (Å²) in [4.78, 5) is 4.62. The number of aliphatic imine (C=N–C) groups is 1. The van der Waals surface area contributed by atoms with E-state index in [-0.39, 0.29) is 5.54 Å². The van der Waals surface area contributed by atoms with Gasteiger partial charge in [-0.05, 0) is 57.3 Å². The van der Waals surface area contributed by atoms with Crippen molar-refractivity contribution in [2.75, 3.05) is 7.11 Å². The zero-order valence-electron chi connectivity index (χ0n) is 15.6. The summed E-state index contributed by atoms with van der Waals surface area (Å²) in [5.41, 5.74) is 2.19. The fraction of sp³-hybridized carbons (Fsp3) is 0.316. The van der Waals surface area contributed by atoms with E-state index >= 15 is 0 Å². The Morgan fingerprint density at radius 3 is 2.35 bits per heavy atom. The van der Waals surface area contributed by atoms with Crippen molar-refractivity contribution in [2.45, 2.75) is 33.2 Å². The first-order valence-electron chi connectivity index (χ1n) is 7.96. The molecule has 140 valence electrons. The van der Waals surface area contributed by atoms with E-state index in [2.05, 4.69) is 50.9 Å². The molecule has 2 aromatic rings. The van der Waals surface area contributed by atoms with E-state index in [4.69, 9.17) is 23.3 Å². The third-order valence-electron chi connectivity index (χ3n) is 3.27. The Morgan fingerprint density at radius 1 is 1.12 bits per heavy atom. The Labute approximate surface area is 174 Å². The predicted molar refractivity (Wildman–Crippen MR) is 112 cm³/mol. The fourth-order valence-corrected chi connectivity index (χ4v) is 3.22. The van der Waals surface area contributed by atoms with Crippen molar-refractivity contribution in [1.82, 2.24) is 0 Å². The molecule has 0 amide bonds. The molecule has 1 N–H and O–H groups in total. The minimum atomic E-state index is -0.556. The van der Waals surface area contributed by atoms with Gasteiger partial charge in [-0.15, -0.1) is 0 Å². The monoisotopic (exact) mass is 447 g/mol. The molecule has 0 aliphatic heterocycles. The Hall–Kier alpha value is -0.566. The van der Waals surface area contributed by atoms with Crippen LogP contribution in [0.3, 0.4) is 0 Å². The summed E-state index contributed by atoms with van der Waals surface area (Å²) in [5.74, 6) is 1.05. The Balaban J connectivity index is 0.00000105. The van der Waals surface area contributed by atoms with Crippen LogP contribution in [0.5, 0.6) is 11.5 Å². The molecule has 26 heavy (non-hydrogen) atoms. The van der Waals surface area contributed by atoms with Crippen LogP contribution in [0.4, 0.5) is 0 Å². The van der Waals surface area contributed by atoms with Crippen LogP contribution in [-0.2, 0) is 17.0 Å². The van der Waals surface area contributed by atoms with Gasteiger partial charge in [0.2, 0.25) is 0 Å². The number of phenolic OH excluding ortho intramolecular Hbond substituents is 1. The average Bonchev–Trinajstić information content (AvgIpc) is 2.57. The number of hydrogen-bond acceptors (Lipinski definition) is 3. The molecule has 0 spiro atoms. The molecule has 0 saturated heterocycles. The number of benzene rings is 2. The van der Waals surface area contributed by atoms with Gasteiger partial charge in [-0.1, -0.05) is 26.3 Å². The van der Waals surface area contributed by atoms with Gasteiger partial charge in [0, 0.05) is 17.1 Å². The van der Waals surface area contributed by atoms with E-state index in [0.29, 0.717) is 14.3 Å². The molecule has 1 atom stereocenters. The molecular formula is C19H24Cl2NO2PTi. The Bertz CT molecular complexity index is 749. The molecule has 0 bridgehead atoms. The molecule has 0 heterocycles. The van der Waals surface area contributed by atoms with Crippen LogP contribution in [0.1, 0.15) is 31.9 Å². The van der Waals surface area contributed by atoms with Crippen LogP contribution in [-0.4, -0.2) is 24.0 Å². The summed E-state index contributed by atoms with van der Waals surface area (Å²) >= 11 is -0.556. The molecule has 0 fully saturated rings. The first-order chi connectivity index (χ1) is 12.2. The Kier molecular flexibility index (Phi) is 10.2. The molecule has 7 heteroatoms. The summed E-state index contributed by atoms with van der Waals surface area (Å²) in [5, 5.41) is 12.1. The molecule has 0 aliphatic rings. The van der Waals surface area contributed by atoms with E-state index in [1.807, 2.05) is 12.3 Å². The molecule has 0 saturated carbocycles. The van der Waals surface area contributed by atoms with Gasteiger partial charge in [-0.25, -0.2) is 0 Å². The quantitative estimate of drug-likeness (QED) is 0.410. The van der Waals surface area contributed by atoms with Gasteiger partial charge in [0.25, 0.3) is 0 Å². The van der Waals surface area contributed by atoms with Crippen molar-refractivity contribution < 1.29 is 26.9 Å². The molecular weight excluding hydrogens is 424 g/mol. The van der Waals surface area contributed by atoms with E-state index < -0.39 is 17.0 Å². The third kappa shape index (κ3) is 8.42. The Morgan fingerprint density at radius 2 is 1.77 bits per heavy atom. The number of aromatic hydroxyl groups is 1. The number of rotatable bonds is 4. The van der Waals surface area contributed by atoms with Gasteiger partial charge >= 0.3 is 35.6 Å². The number of hydrogen-bond donors (Lipinski definition) is 1. The SMILES string of the molecule is COc1ccc(O)c(Pc2ccc(C)cc2C=NC(C)(C)C)c1.[Cl][Ti][Cl]. The molecule has 0 aliphatic carbocycles. The van der Waals surface area contributed by atoms with E-state index in [9.17, 15) is 5.11 Å². The van der Waals surface area contributed by atoms with Crippen LogP contribution < -0.4 is 15.3 Å². The first kappa shape index (κ1) is 23.5. The van der Waals surface area contributed by atoms with Crippen molar-refractivity contribution in [3.63, 3.8) is 0 Å². The zero-order valence-corrected chi connectivity index (χ0v) is 19.7. The molecule has 1 unspecified atom stereocenters. The maximum absolute atomic E-state index is 10.1. The van der Waals surface area contributed by atoms with Gasteiger partial charge in [0.15, 0.2) is 0 Å². The summed E-state index contributed by atoms with van der Waals surface area (Å²) in [7, 11) is 11.8. The average molecular weight is 448 g/mol. The van der Waals surface area contributed by atoms with E-state index in [1.165, 1.54) is 5.56 Å². The van der Waals surface area contributed by atoms with E-state index in [0.717, 1.165) is 21.9 Å². The standard InChI is InChI=1S/C19H24NO2P.2ClH.Ti/c1-13-6-9-17(14(10-13)12-20-19(2,3)4)23-18-11-15(22-5)7-8-16(18)21;;;/h6-12,21,23H,1-5H3;2*1H;/q;;;+2/p-2. The van der Waals surface area contributed by atoms with Crippen molar-refractivity contribution in [3.05, 3.63) is 47.5 Å². The maximum atomic E-state index is 10.1. The number of ether oxygens (including phenoxy) is 1. The molecule has 3 nitrogen and oxygen atoms in total. The van der Waals surface area contributed by atoms with Crippen LogP contribution in [0.25, 0.3) is 0 Å². The van der Waals surface area contributed by atoms with Gasteiger partial charge in [-0.2, -0.15) is 0 Å². The summed E-state index contributed by atoms with van der Waals surface area (Å²) < 4.78 is 5.26. The van der Waals surface area contributed by atoms with Crippen molar-refractivity contribution in [3.8, 4) is 11.5 Å². The summed E-state index contributed by atoms with van der Waals surface area (Å²) in [6.45, 7) is 8.31. The summed E-state index contributed by atoms with van der Waals surface area (Å²) in [6, 6.07) is 11.7. The minimum absolute atomic E-state index is 0.109. The van der Waals surface area contributed by atoms with Crippen LogP contribution in [0, 0.1) is 6.92 Å². The first-order valence-corrected chi connectivity index (χ1v) is 13.3. The normalized spacial score (nSPS) is 11.5. The number of phenols is 1. The third-order valence-corrected chi connectivity index (χ3v) is 4.67. The molecule has 2 aromatic carbocycles. The van der Waals surface area contributed by atoms with Crippen LogP contribution in [0.2, 0.25) is 0 Å². The molecule has 2 rings (SSSR count). The number of methoxy groups -OCH3 is 1. The second kappa shape index (κ2) is 11.3. The second-order valence-corrected chi connectivity index (χ2v) is 10.5. The van der Waals surface area contributed by atoms with Crippen molar-refractivity contribution in [2.24, 2.45) is 4.99 Å². The molecule has 0 aromatic heterocycles. The topological polar surface area (TPSA) is 41.8 Å². The number of nitrogens with zero attached hydrogens (tertiary/aromatic N) is 1. The van der Waals surface area contributed by atoms with Crippen LogP contribution in [0.15, 0.2) is 41.4 Å². The van der Waals surface area contributed by atoms with Crippen molar-refractivity contribution >= 4 is 44.0 Å². The van der Waals surface area contributed by atoms with E-state index in [1.54, 1.807) is 19.2 Å². The van der Waals surface area contributed by atoms with Gasteiger partial charge < -0.3 is 9.84 Å². The summed E-state index contributed by atoms with van der Waals surface area (Å²) in [6.07, 6.45) is 1.94. The second-order valence-electron chi connectivity index (χ2n) is 6.60. The van der Waals surface area contributed by atoms with Crippen LogP contribution >= 0.6 is 27.2 Å². The number of halogens is 2. The number of aryl methyl sites for hydroxylation is 1.